The Bertz CT molecular complexity index is 1120. The third-order valence-corrected chi connectivity index (χ3v) is 6.05. The molecule has 1 fully saturated rings. The fraction of sp³-hybridized carbons (Fsp3) is 0.308. The highest BCUT2D eigenvalue weighted by Gasteiger charge is 2.33. The molecule has 3 aromatic rings. The summed E-state index contributed by atoms with van der Waals surface area (Å²) in [4.78, 5) is 37.3. The molecule has 0 saturated carbocycles. The molecular formula is C26H29N5O3. The minimum absolute atomic E-state index is 0.000532. The summed E-state index contributed by atoms with van der Waals surface area (Å²) < 4.78 is 4.68. The summed E-state index contributed by atoms with van der Waals surface area (Å²) in [5.41, 5.74) is 3.17. The summed E-state index contributed by atoms with van der Waals surface area (Å²) in [5.74, 6) is 0.406. The van der Waals surface area contributed by atoms with E-state index in [4.69, 9.17) is 0 Å². The third-order valence-electron chi connectivity index (χ3n) is 6.05. The Morgan fingerprint density at radius 3 is 2.29 bits per heavy atom. The lowest BCUT2D eigenvalue weighted by molar-refractivity contribution is 0.0593. The maximum atomic E-state index is 13.2. The normalized spacial score (nSPS) is 15.8. The van der Waals surface area contributed by atoms with Crippen molar-refractivity contribution >= 4 is 23.5 Å². The predicted molar refractivity (Wildman–Crippen MR) is 132 cm³/mol. The van der Waals surface area contributed by atoms with Gasteiger partial charge in [-0.05, 0) is 29.2 Å². The van der Waals surface area contributed by atoms with Crippen LogP contribution in [0.25, 0.3) is 11.1 Å². The number of urea groups is 1. The zero-order chi connectivity index (χ0) is 24.1. The predicted octanol–water partition coefficient (Wildman–Crippen LogP) is 4.31. The molecule has 0 spiro atoms. The first-order chi connectivity index (χ1) is 16.5. The second-order valence-electron chi connectivity index (χ2n) is 8.58. The minimum Gasteiger partial charge on any atom is -0.464 e. The van der Waals surface area contributed by atoms with Gasteiger partial charge < -0.3 is 19.9 Å². The Morgan fingerprint density at radius 2 is 1.68 bits per heavy atom. The molecule has 4 rings (SSSR count). The van der Waals surface area contributed by atoms with Crippen molar-refractivity contribution in [1.29, 1.82) is 0 Å². The van der Waals surface area contributed by atoms with Crippen LogP contribution < -0.4 is 10.2 Å². The van der Waals surface area contributed by atoms with Gasteiger partial charge in [0, 0.05) is 25.3 Å². The molecule has 1 unspecified atom stereocenters. The number of carbonyl (C=O) groups excluding carboxylic acids is 2. The molecule has 8 heteroatoms. The maximum absolute atomic E-state index is 13.2. The van der Waals surface area contributed by atoms with Crippen LogP contribution in [0.1, 0.15) is 24.3 Å². The number of esters is 1. The first-order valence-electron chi connectivity index (χ1n) is 11.3. The van der Waals surface area contributed by atoms with E-state index in [9.17, 15) is 9.59 Å². The molecule has 1 aliphatic heterocycles. The number of benzene rings is 2. The Morgan fingerprint density at radius 1 is 0.971 bits per heavy atom. The topological polar surface area (TPSA) is 87.7 Å². The van der Waals surface area contributed by atoms with Crippen molar-refractivity contribution in [2.24, 2.45) is 5.92 Å². The van der Waals surface area contributed by atoms with Crippen molar-refractivity contribution < 1.29 is 14.3 Å². The summed E-state index contributed by atoms with van der Waals surface area (Å²) in [6.07, 6.45) is 3.00. The van der Waals surface area contributed by atoms with Crippen LogP contribution in [0.3, 0.4) is 0 Å². The lowest BCUT2D eigenvalue weighted by Gasteiger charge is -2.43. The number of hydrogen-bond donors (Lipinski definition) is 1. The van der Waals surface area contributed by atoms with Crippen LogP contribution in [-0.4, -0.2) is 59.7 Å². The van der Waals surface area contributed by atoms with Gasteiger partial charge >= 0.3 is 12.0 Å². The Labute approximate surface area is 199 Å². The van der Waals surface area contributed by atoms with Gasteiger partial charge in [0.25, 0.3) is 0 Å². The average molecular weight is 460 g/mol. The second-order valence-corrected chi connectivity index (χ2v) is 8.58. The summed E-state index contributed by atoms with van der Waals surface area (Å²) in [6.45, 7) is 6.02. The Balaban J connectivity index is 1.42. The molecule has 1 atom stereocenters. The Kier molecular flexibility index (Phi) is 7.06. The number of hydrogen-bond acceptors (Lipinski definition) is 6. The van der Waals surface area contributed by atoms with Crippen molar-refractivity contribution in [2.75, 3.05) is 37.0 Å². The van der Waals surface area contributed by atoms with Gasteiger partial charge in [-0.25, -0.2) is 19.6 Å². The molecule has 8 nitrogen and oxygen atoms in total. The lowest BCUT2D eigenvalue weighted by atomic mass is 10.00. The van der Waals surface area contributed by atoms with Crippen molar-refractivity contribution in [3.8, 4) is 11.1 Å². The highest BCUT2D eigenvalue weighted by Crippen LogP contribution is 2.24. The molecule has 1 aliphatic rings. The van der Waals surface area contributed by atoms with Crippen LogP contribution in [0, 0.1) is 5.92 Å². The first kappa shape index (κ1) is 23.2. The SMILES string of the molecule is COC(=O)c1cnc(N2CCN(C(=O)Nc3ccc(-c4ccccc4)cc3)C(C(C)C)C2)cn1. The highest BCUT2D eigenvalue weighted by atomic mass is 16.5. The minimum atomic E-state index is -0.516. The van der Waals surface area contributed by atoms with Gasteiger partial charge in [-0.1, -0.05) is 56.3 Å². The summed E-state index contributed by atoms with van der Waals surface area (Å²) >= 11 is 0. The number of methoxy groups -OCH3 is 1. The van der Waals surface area contributed by atoms with Crippen LogP contribution in [-0.2, 0) is 4.74 Å². The van der Waals surface area contributed by atoms with E-state index in [-0.39, 0.29) is 23.7 Å². The molecule has 0 aliphatic carbocycles. The number of nitrogens with zero attached hydrogens (tertiary/aromatic N) is 4. The van der Waals surface area contributed by atoms with Gasteiger partial charge in [-0.2, -0.15) is 0 Å². The molecule has 2 amide bonds. The average Bonchev–Trinajstić information content (AvgIpc) is 2.89. The quantitative estimate of drug-likeness (QED) is 0.572. The number of anilines is 2. The van der Waals surface area contributed by atoms with Crippen LogP contribution in [0.4, 0.5) is 16.3 Å². The monoisotopic (exact) mass is 459 g/mol. The van der Waals surface area contributed by atoms with Crippen molar-refractivity contribution in [1.82, 2.24) is 14.9 Å². The number of amides is 2. The molecule has 1 N–H and O–H groups in total. The molecule has 0 radical (unpaired) electrons. The zero-order valence-electron chi connectivity index (χ0n) is 19.6. The number of aromatic nitrogens is 2. The number of ether oxygens (including phenoxy) is 1. The van der Waals surface area contributed by atoms with Gasteiger partial charge in [0.1, 0.15) is 5.82 Å². The lowest BCUT2D eigenvalue weighted by Crippen LogP contribution is -2.58. The van der Waals surface area contributed by atoms with Gasteiger partial charge in [-0.3, -0.25) is 0 Å². The first-order valence-corrected chi connectivity index (χ1v) is 11.3. The molecular weight excluding hydrogens is 430 g/mol. The third kappa shape index (κ3) is 5.17. The standard InChI is InChI=1S/C26H29N5O3/c1-18(2)23-17-30(24-16-27-22(15-28-24)25(32)34-3)13-14-31(23)26(33)29-21-11-9-20(10-12-21)19-7-5-4-6-8-19/h4-12,15-16,18,23H,13-14,17H2,1-3H3,(H,29,33). The van der Waals surface area contributed by atoms with Crippen LogP contribution in [0.2, 0.25) is 0 Å². The van der Waals surface area contributed by atoms with E-state index in [1.165, 1.54) is 13.3 Å². The summed E-state index contributed by atoms with van der Waals surface area (Å²) in [5, 5.41) is 3.05. The number of carbonyl (C=O) groups is 2. The van der Waals surface area contributed by atoms with E-state index in [1.807, 2.05) is 47.4 Å². The van der Waals surface area contributed by atoms with E-state index < -0.39 is 5.97 Å². The number of rotatable bonds is 5. The zero-order valence-corrected chi connectivity index (χ0v) is 19.6. The molecule has 2 aromatic carbocycles. The van der Waals surface area contributed by atoms with E-state index in [0.717, 1.165) is 16.8 Å². The van der Waals surface area contributed by atoms with E-state index in [1.54, 1.807) is 6.20 Å². The maximum Gasteiger partial charge on any atom is 0.358 e. The van der Waals surface area contributed by atoms with Crippen molar-refractivity contribution in [3.05, 3.63) is 72.7 Å². The van der Waals surface area contributed by atoms with Crippen LogP contribution >= 0.6 is 0 Å². The smallest absolute Gasteiger partial charge is 0.358 e. The van der Waals surface area contributed by atoms with Gasteiger partial charge in [-0.15, -0.1) is 0 Å². The highest BCUT2D eigenvalue weighted by molar-refractivity contribution is 5.90. The second kappa shape index (κ2) is 10.3. The van der Waals surface area contributed by atoms with Crippen molar-refractivity contribution in [3.63, 3.8) is 0 Å². The number of nitrogens with one attached hydrogen (secondary N) is 1. The van der Waals surface area contributed by atoms with E-state index in [2.05, 4.69) is 50.9 Å². The van der Waals surface area contributed by atoms with Crippen LogP contribution in [0.5, 0.6) is 0 Å². The molecule has 176 valence electrons. The molecule has 2 heterocycles. The molecule has 0 bridgehead atoms. The van der Waals surface area contributed by atoms with E-state index >= 15 is 0 Å². The Hall–Kier alpha value is -3.94. The summed E-state index contributed by atoms with van der Waals surface area (Å²) in [7, 11) is 1.31. The van der Waals surface area contributed by atoms with Gasteiger partial charge in [0.15, 0.2) is 5.69 Å². The van der Waals surface area contributed by atoms with Crippen molar-refractivity contribution in [2.45, 2.75) is 19.9 Å². The summed E-state index contributed by atoms with van der Waals surface area (Å²) in [6, 6.07) is 17.9. The molecule has 34 heavy (non-hydrogen) atoms. The van der Waals surface area contributed by atoms with Gasteiger partial charge in [0.05, 0.1) is 25.5 Å². The largest absolute Gasteiger partial charge is 0.464 e. The fourth-order valence-electron chi connectivity index (χ4n) is 4.11. The van der Waals surface area contributed by atoms with Gasteiger partial charge in [0.2, 0.25) is 0 Å². The van der Waals surface area contributed by atoms with Crippen LogP contribution in [0.15, 0.2) is 67.0 Å². The molecule has 1 saturated heterocycles. The van der Waals surface area contributed by atoms with E-state index in [0.29, 0.717) is 25.5 Å². The number of piperazine rings is 1. The molecule has 1 aromatic heterocycles. The fourth-order valence-corrected chi connectivity index (χ4v) is 4.11.